The second-order valence-electron chi connectivity index (χ2n) is 8.83. The Labute approximate surface area is 193 Å². The molecule has 3 rings (SSSR count). The molecule has 9 nitrogen and oxygen atoms in total. The van der Waals surface area contributed by atoms with Crippen molar-refractivity contribution >= 4 is 44.9 Å². The number of hydrogen-bond acceptors (Lipinski definition) is 6. The predicted molar refractivity (Wildman–Crippen MR) is 122 cm³/mol. The van der Waals surface area contributed by atoms with Crippen LogP contribution in [0, 0.1) is 17.8 Å². The molecule has 2 aliphatic heterocycles. The SMILES string of the molecule is CNC(=S)N1CC[C@@H](CS(=O)(=O)NNC(=O)C2CC(C3CN(C)CN3)CC(Cl)C2F)C1. The maximum atomic E-state index is 14.7. The summed E-state index contributed by atoms with van der Waals surface area (Å²) < 4.78 is 39.6. The molecule has 0 bridgehead atoms. The van der Waals surface area contributed by atoms with Crippen molar-refractivity contribution in [2.45, 2.75) is 36.9 Å². The maximum Gasteiger partial charge on any atom is 0.241 e. The molecular weight excluding hydrogens is 467 g/mol. The van der Waals surface area contributed by atoms with E-state index in [9.17, 15) is 17.6 Å². The van der Waals surface area contributed by atoms with Crippen molar-refractivity contribution in [1.82, 2.24) is 30.7 Å². The van der Waals surface area contributed by atoms with Crippen LogP contribution >= 0.6 is 23.8 Å². The van der Waals surface area contributed by atoms with Crippen molar-refractivity contribution in [2.75, 3.05) is 46.2 Å². The fourth-order valence-corrected chi connectivity index (χ4v) is 6.54. The Morgan fingerprint density at radius 3 is 2.71 bits per heavy atom. The summed E-state index contributed by atoms with van der Waals surface area (Å²) in [7, 11) is -0.0558. The Hall–Kier alpha value is -0.790. The number of carbonyl (C=O) groups excluding carboxylic acids is 1. The number of halogens is 2. The topological polar surface area (TPSA) is 106 Å². The Bertz CT molecular complexity index is 775. The summed E-state index contributed by atoms with van der Waals surface area (Å²) in [4.78, 5) is 18.8. The van der Waals surface area contributed by atoms with E-state index in [1.54, 1.807) is 7.05 Å². The number of thiocarbonyl (C=S) groups is 1. The molecule has 0 aromatic rings. The smallest absolute Gasteiger partial charge is 0.241 e. The number of likely N-dealkylation sites (tertiary alicyclic amines) is 1. The van der Waals surface area contributed by atoms with E-state index < -0.39 is 33.4 Å². The lowest BCUT2D eigenvalue weighted by molar-refractivity contribution is -0.129. The zero-order valence-electron chi connectivity index (χ0n) is 17.8. The van der Waals surface area contributed by atoms with E-state index in [-0.39, 0.29) is 23.6 Å². The monoisotopic (exact) mass is 498 g/mol. The number of hydrogen-bond donors (Lipinski definition) is 4. The summed E-state index contributed by atoms with van der Waals surface area (Å²) >= 11 is 11.4. The Morgan fingerprint density at radius 1 is 1.32 bits per heavy atom. The fourth-order valence-electron chi connectivity index (χ4n) is 4.74. The molecule has 0 aromatic carbocycles. The van der Waals surface area contributed by atoms with Gasteiger partial charge in [0.1, 0.15) is 6.17 Å². The summed E-state index contributed by atoms with van der Waals surface area (Å²) in [5.41, 5.74) is 2.22. The first kappa shape index (κ1) is 24.8. The van der Waals surface area contributed by atoms with Crippen molar-refractivity contribution < 1.29 is 17.6 Å². The second kappa shape index (κ2) is 10.4. The number of nitrogens with zero attached hydrogens (tertiary/aromatic N) is 2. The molecule has 0 aromatic heterocycles. The van der Waals surface area contributed by atoms with Gasteiger partial charge >= 0.3 is 0 Å². The molecule has 6 atom stereocenters. The van der Waals surface area contributed by atoms with E-state index >= 15 is 0 Å². The summed E-state index contributed by atoms with van der Waals surface area (Å²) in [6.45, 7) is 2.76. The third kappa shape index (κ3) is 6.38. The first-order valence-corrected chi connectivity index (χ1v) is 13.1. The van der Waals surface area contributed by atoms with Gasteiger partial charge in [-0.05, 0) is 50.4 Å². The summed E-state index contributed by atoms with van der Waals surface area (Å²) in [6.07, 6.45) is -0.0316. The number of alkyl halides is 2. The van der Waals surface area contributed by atoms with Crippen molar-refractivity contribution in [3.8, 4) is 0 Å². The minimum absolute atomic E-state index is 0.0484. The number of likely N-dealkylation sites (N-methyl/N-ethyl adjacent to an activating group) is 1. The molecule has 1 saturated carbocycles. The predicted octanol–water partition coefficient (Wildman–Crippen LogP) is -0.404. The summed E-state index contributed by atoms with van der Waals surface area (Å²) in [5, 5.41) is 6.06. The Kier molecular flexibility index (Phi) is 8.36. The fraction of sp³-hybridized carbons (Fsp3) is 0.889. The van der Waals surface area contributed by atoms with E-state index in [4.69, 9.17) is 23.8 Å². The van der Waals surface area contributed by atoms with Gasteiger partial charge in [0, 0.05) is 39.4 Å². The van der Waals surface area contributed by atoms with Gasteiger partial charge in [-0.15, -0.1) is 16.4 Å². The molecule has 0 spiro atoms. The molecule has 0 radical (unpaired) electrons. The number of hydrazine groups is 1. The van der Waals surface area contributed by atoms with Crippen molar-refractivity contribution in [3.63, 3.8) is 0 Å². The third-order valence-corrected chi connectivity index (χ3v) is 8.63. The number of carbonyl (C=O) groups is 1. The molecule has 2 heterocycles. The van der Waals surface area contributed by atoms with Crippen LogP contribution in [0.1, 0.15) is 19.3 Å². The van der Waals surface area contributed by atoms with Crippen LogP contribution in [0.25, 0.3) is 0 Å². The second-order valence-corrected chi connectivity index (χ2v) is 11.5. The third-order valence-electron chi connectivity index (χ3n) is 6.42. The van der Waals surface area contributed by atoms with E-state index in [1.807, 2.05) is 11.9 Å². The van der Waals surface area contributed by atoms with Crippen LogP contribution < -0.4 is 20.9 Å². The van der Waals surface area contributed by atoms with Gasteiger partial charge < -0.3 is 10.2 Å². The van der Waals surface area contributed by atoms with Crippen LogP contribution in [0.2, 0.25) is 0 Å². The number of sulfonamides is 1. The number of amides is 1. The van der Waals surface area contributed by atoms with E-state index in [0.717, 1.165) is 13.2 Å². The van der Waals surface area contributed by atoms with Gasteiger partial charge in [0.15, 0.2) is 5.11 Å². The average Bonchev–Trinajstić information content (AvgIpc) is 3.36. The van der Waals surface area contributed by atoms with Gasteiger partial charge in [-0.1, -0.05) is 0 Å². The van der Waals surface area contributed by atoms with Crippen LogP contribution in [0.15, 0.2) is 0 Å². The minimum Gasteiger partial charge on any atom is -0.366 e. The van der Waals surface area contributed by atoms with Crippen LogP contribution in [0.4, 0.5) is 4.39 Å². The van der Waals surface area contributed by atoms with Gasteiger partial charge in [0.2, 0.25) is 15.9 Å². The van der Waals surface area contributed by atoms with E-state index in [0.29, 0.717) is 37.5 Å². The van der Waals surface area contributed by atoms with Crippen molar-refractivity contribution in [2.24, 2.45) is 17.8 Å². The molecule has 13 heteroatoms. The van der Waals surface area contributed by atoms with Gasteiger partial charge in [-0.2, -0.15) is 0 Å². The van der Waals surface area contributed by atoms with Gasteiger partial charge in [0.05, 0.1) is 17.0 Å². The normalized spacial score (nSPS) is 34.6. The molecule has 3 fully saturated rings. The molecule has 1 amide bonds. The van der Waals surface area contributed by atoms with Crippen molar-refractivity contribution in [3.05, 3.63) is 0 Å². The molecular formula is C18H32ClFN6O3S2. The lowest BCUT2D eigenvalue weighted by atomic mass is 9.76. The Balaban J connectivity index is 1.52. The highest BCUT2D eigenvalue weighted by Gasteiger charge is 2.44. The standard InChI is InChI=1S/C18H32ClFN6O3S2/c1-21-18(30)26-4-3-11(7-26)9-31(28,29)24-23-17(27)13-5-12(6-14(19)16(13)20)15-8-25(2)10-22-15/h11-16,22,24H,3-10H2,1-2H3,(H,21,30)(H,23,27)/t11-,12?,13?,14?,15?,16?/m1/s1. The zero-order valence-corrected chi connectivity index (χ0v) is 20.2. The number of rotatable bonds is 6. The van der Waals surface area contributed by atoms with Crippen molar-refractivity contribution in [1.29, 1.82) is 0 Å². The summed E-state index contributed by atoms with van der Waals surface area (Å²) in [5.74, 6) is -1.87. The van der Waals surface area contributed by atoms with Crippen LogP contribution in [0.5, 0.6) is 0 Å². The Morgan fingerprint density at radius 2 is 2.06 bits per heavy atom. The van der Waals surface area contributed by atoms with E-state index in [1.165, 1.54) is 0 Å². The minimum atomic E-state index is -3.77. The van der Waals surface area contributed by atoms with Crippen LogP contribution in [-0.4, -0.2) is 93.0 Å². The largest absolute Gasteiger partial charge is 0.366 e. The molecule has 4 N–H and O–H groups in total. The highest BCUT2D eigenvalue weighted by molar-refractivity contribution is 7.89. The molecule has 5 unspecified atom stereocenters. The highest BCUT2D eigenvalue weighted by atomic mass is 35.5. The summed E-state index contributed by atoms with van der Waals surface area (Å²) in [6, 6.07) is 0.139. The quantitative estimate of drug-likeness (QED) is 0.223. The van der Waals surface area contributed by atoms with Gasteiger partial charge in [-0.25, -0.2) is 12.8 Å². The van der Waals surface area contributed by atoms with Crippen LogP contribution in [-0.2, 0) is 14.8 Å². The molecule has 31 heavy (non-hydrogen) atoms. The molecule has 3 aliphatic rings. The lowest BCUT2D eigenvalue weighted by Crippen LogP contribution is -2.52. The first-order chi connectivity index (χ1) is 14.6. The average molecular weight is 499 g/mol. The first-order valence-electron chi connectivity index (χ1n) is 10.6. The van der Waals surface area contributed by atoms with Crippen LogP contribution in [0.3, 0.4) is 0 Å². The lowest BCUT2D eigenvalue weighted by Gasteiger charge is -2.37. The van der Waals surface area contributed by atoms with Gasteiger partial charge in [0.25, 0.3) is 0 Å². The van der Waals surface area contributed by atoms with E-state index in [2.05, 4.69) is 25.8 Å². The maximum absolute atomic E-state index is 14.7. The highest BCUT2D eigenvalue weighted by Crippen LogP contribution is 2.37. The number of nitrogens with one attached hydrogen (secondary N) is 4. The molecule has 1 aliphatic carbocycles. The molecule has 2 saturated heterocycles. The van der Waals surface area contributed by atoms with Gasteiger partial charge in [-0.3, -0.25) is 20.4 Å². The molecule has 178 valence electrons. The zero-order chi connectivity index (χ0) is 22.8.